The number of sulfonamides is 1. The SMILES string of the molecule is C[C@@H]1CN(c2ccc(F)c(NS(=O)(=O)c3ccc(-c4ccoc4)cc3Cl)c2)C[C@H](C)N1. The summed E-state index contributed by atoms with van der Waals surface area (Å²) in [4.78, 5) is 1.98. The van der Waals surface area contributed by atoms with E-state index < -0.39 is 15.8 Å². The third kappa shape index (κ3) is 4.71. The molecule has 1 aliphatic heterocycles. The number of nitrogens with zero attached hydrogens (tertiary/aromatic N) is 1. The number of hydrogen-bond acceptors (Lipinski definition) is 5. The van der Waals surface area contributed by atoms with Crippen molar-refractivity contribution >= 4 is 33.0 Å². The summed E-state index contributed by atoms with van der Waals surface area (Å²) in [5.74, 6) is -0.658. The molecule has 1 aromatic heterocycles. The number of furan rings is 1. The molecule has 0 saturated carbocycles. The predicted molar refractivity (Wildman–Crippen MR) is 121 cm³/mol. The molecule has 4 rings (SSSR count). The Hall–Kier alpha value is -2.55. The Morgan fingerprint density at radius 2 is 1.84 bits per heavy atom. The number of benzene rings is 2. The quantitative estimate of drug-likeness (QED) is 0.572. The van der Waals surface area contributed by atoms with E-state index in [1.165, 1.54) is 36.8 Å². The first-order valence-corrected chi connectivity index (χ1v) is 11.7. The minimum absolute atomic E-state index is 0.0347. The maximum Gasteiger partial charge on any atom is 0.263 e. The topological polar surface area (TPSA) is 74.6 Å². The molecule has 6 nitrogen and oxygen atoms in total. The number of nitrogens with one attached hydrogen (secondary N) is 2. The normalized spacial score (nSPS) is 19.4. The molecule has 164 valence electrons. The molecule has 3 aromatic rings. The third-order valence-electron chi connectivity index (χ3n) is 5.19. The molecule has 2 heterocycles. The van der Waals surface area contributed by atoms with Gasteiger partial charge in [-0.05, 0) is 55.8 Å². The Morgan fingerprint density at radius 1 is 1.10 bits per heavy atom. The van der Waals surface area contributed by atoms with Gasteiger partial charge >= 0.3 is 0 Å². The van der Waals surface area contributed by atoms with Crippen molar-refractivity contribution in [1.29, 1.82) is 0 Å². The Bertz CT molecular complexity index is 1170. The van der Waals surface area contributed by atoms with Gasteiger partial charge in [0.2, 0.25) is 0 Å². The summed E-state index contributed by atoms with van der Waals surface area (Å²) < 4.78 is 47.8. The zero-order chi connectivity index (χ0) is 22.2. The molecule has 0 unspecified atom stereocenters. The van der Waals surface area contributed by atoms with Crippen LogP contribution in [0.1, 0.15) is 13.8 Å². The van der Waals surface area contributed by atoms with Crippen LogP contribution in [0.15, 0.2) is 64.3 Å². The standard InChI is InChI=1S/C22H23ClFN3O3S/c1-14-11-27(12-15(2)25-14)18-4-5-20(24)21(10-18)26-31(28,29)22-6-3-16(9-19(22)23)17-7-8-30-13-17/h3-10,13-15,25-26H,11-12H2,1-2H3/t14-,15+. The lowest BCUT2D eigenvalue weighted by Crippen LogP contribution is -2.54. The van der Waals surface area contributed by atoms with Crippen LogP contribution in [0.4, 0.5) is 15.8 Å². The molecule has 2 N–H and O–H groups in total. The van der Waals surface area contributed by atoms with Gasteiger partial charge in [-0.25, -0.2) is 12.8 Å². The minimum atomic E-state index is -4.10. The molecule has 1 aliphatic rings. The molecule has 0 aliphatic carbocycles. The summed E-state index contributed by atoms with van der Waals surface area (Å²) in [6, 6.07) is 11.3. The predicted octanol–water partition coefficient (Wildman–Crippen LogP) is 4.73. The van der Waals surface area contributed by atoms with Gasteiger partial charge in [0.05, 0.1) is 23.2 Å². The van der Waals surface area contributed by atoms with Crippen LogP contribution < -0.4 is 14.9 Å². The molecule has 0 radical (unpaired) electrons. The van der Waals surface area contributed by atoms with Crippen LogP contribution in [-0.4, -0.2) is 33.6 Å². The fourth-order valence-electron chi connectivity index (χ4n) is 3.85. The van der Waals surface area contributed by atoms with Crippen molar-refractivity contribution in [2.75, 3.05) is 22.7 Å². The molecule has 2 atom stereocenters. The minimum Gasteiger partial charge on any atom is -0.472 e. The second-order valence-electron chi connectivity index (χ2n) is 7.80. The molecule has 31 heavy (non-hydrogen) atoms. The summed E-state index contributed by atoms with van der Waals surface area (Å²) >= 11 is 6.26. The number of anilines is 2. The van der Waals surface area contributed by atoms with Crippen molar-refractivity contribution < 1.29 is 17.2 Å². The first-order valence-electron chi connectivity index (χ1n) is 9.88. The van der Waals surface area contributed by atoms with Gasteiger partial charge in [0.15, 0.2) is 0 Å². The lowest BCUT2D eigenvalue weighted by Gasteiger charge is -2.37. The molecular formula is C22H23ClFN3O3S. The maximum atomic E-state index is 14.5. The van der Waals surface area contributed by atoms with E-state index in [-0.39, 0.29) is 27.7 Å². The van der Waals surface area contributed by atoms with Crippen molar-refractivity contribution in [1.82, 2.24) is 5.32 Å². The van der Waals surface area contributed by atoms with Crippen LogP contribution >= 0.6 is 11.6 Å². The Morgan fingerprint density at radius 3 is 2.48 bits per heavy atom. The van der Waals surface area contributed by atoms with E-state index in [0.29, 0.717) is 5.56 Å². The fraction of sp³-hybridized carbons (Fsp3) is 0.273. The number of rotatable bonds is 5. The number of hydrogen-bond donors (Lipinski definition) is 2. The smallest absolute Gasteiger partial charge is 0.263 e. The van der Waals surface area contributed by atoms with E-state index in [9.17, 15) is 12.8 Å². The third-order valence-corrected chi connectivity index (χ3v) is 7.04. The highest BCUT2D eigenvalue weighted by molar-refractivity contribution is 7.92. The van der Waals surface area contributed by atoms with Gasteiger partial charge in [-0.1, -0.05) is 17.7 Å². The number of piperazine rings is 1. The Balaban J connectivity index is 1.61. The lowest BCUT2D eigenvalue weighted by atomic mass is 10.1. The highest BCUT2D eigenvalue weighted by Crippen LogP contribution is 2.31. The molecule has 9 heteroatoms. The lowest BCUT2D eigenvalue weighted by molar-refractivity contribution is 0.407. The van der Waals surface area contributed by atoms with E-state index in [4.69, 9.17) is 16.0 Å². The van der Waals surface area contributed by atoms with Crippen molar-refractivity contribution in [2.45, 2.75) is 30.8 Å². The van der Waals surface area contributed by atoms with Crippen LogP contribution in [0.25, 0.3) is 11.1 Å². The first kappa shape index (κ1) is 21.7. The van der Waals surface area contributed by atoms with Crippen molar-refractivity contribution in [3.63, 3.8) is 0 Å². The molecule has 0 spiro atoms. The molecular weight excluding hydrogens is 441 g/mol. The van der Waals surface area contributed by atoms with Gasteiger partial charge in [-0.15, -0.1) is 0 Å². The Labute approximate surface area is 186 Å². The van der Waals surface area contributed by atoms with Gasteiger partial charge < -0.3 is 14.6 Å². The molecule has 1 saturated heterocycles. The number of halogens is 2. The monoisotopic (exact) mass is 463 g/mol. The fourth-order valence-corrected chi connectivity index (χ4v) is 5.46. The molecule has 2 aromatic carbocycles. The van der Waals surface area contributed by atoms with Crippen LogP contribution in [0.3, 0.4) is 0 Å². The van der Waals surface area contributed by atoms with Crippen LogP contribution in [0, 0.1) is 5.82 Å². The zero-order valence-electron chi connectivity index (χ0n) is 17.1. The van der Waals surface area contributed by atoms with E-state index in [0.717, 1.165) is 24.3 Å². The van der Waals surface area contributed by atoms with Crippen molar-refractivity contribution in [3.05, 3.63) is 65.8 Å². The first-order chi connectivity index (χ1) is 14.7. The average Bonchev–Trinajstić information content (AvgIpc) is 3.23. The summed E-state index contributed by atoms with van der Waals surface area (Å²) in [5, 5.41) is 3.47. The van der Waals surface area contributed by atoms with Crippen LogP contribution in [-0.2, 0) is 10.0 Å². The Kier molecular flexibility index (Phi) is 5.96. The van der Waals surface area contributed by atoms with E-state index in [1.54, 1.807) is 18.2 Å². The second-order valence-corrected chi connectivity index (χ2v) is 9.86. The van der Waals surface area contributed by atoms with Crippen LogP contribution in [0.5, 0.6) is 0 Å². The summed E-state index contributed by atoms with van der Waals surface area (Å²) in [6.45, 7) is 5.63. The maximum absolute atomic E-state index is 14.5. The second kappa shape index (κ2) is 8.53. The van der Waals surface area contributed by atoms with Crippen molar-refractivity contribution in [2.24, 2.45) is 0 Å². The summed E-state index contributed by atoms with van der Waals surface area (Å²) in [6.07, 6.45) is 3.06. The van der Waals surface area contributed by atoms with Gasteiger partial charge in [0.25, 0.3) is 10.0 Å². The summed E-state index contributed by atoms with van der Waals surface area (Å²) in [5.41, 5.74) is 2.12. The van der Waals surface area contributed by atoms with E-state index in [1.807, 2.05) is 0 Å². The van der Waals surface area contributed by atoms with Gasteiger partial charge in [0, 0.05) is 36.4 Å². The van der Waals surface area contributed by atoms with Gasteiger partial charge in [-0.2, -0.15) is 0 Å². The molecule has 0 bridgehead atoms. The summed E-state index contributed by atoms with van der Waals surface area (Å²) in [7, 11) is -4.10. The van der Waals surface area contributed by atoms with Gasteiger partial charge in [0.1, 0.15) is 10.7 Å². The molecule has 0 amide bonds. The van der Waals surface area contributed by atoms with Crippen LogP contribution in [0.2, 0.25) is 5.02 Å². The highest BCUT2D eigenvalue weighted by atomic mass is 35.5. The zero-order valence-corrected chi connectivity index (χ0v) is 18.7. The average molecular weight is 464 g/mol. The molecule has 1 fully saturated rings. The van der Waals surface area contributed by atoms with Gasteiger partial charge in [-0.3, -0.25) is 4.72 Å². The van der Waals surface area contributed by atoms with E-state index in [2.05, 4.69) is 28.8 Å². The highest BCUT2D eigenvalue weighted by Gasteiger charge is 2.24. The largest absolute Gasteiger partial charge is 0.472 e. The van der Waals surface area contributed by atoms with E-state index >= 15 is 0 Å². The van der Waals surface area contributed by atoms with Crippen molar-refractivity contribution in [3.8, 4) is 11.1 Å².